The molecule has 0 amide bonds. The summed E-state index contributed by atoms with van der Waals surface area (Å²) in [7, 11) is 0. The number of carbonyl (C=O) groups excluding carboxylic acids is 2. The Labute approximate surface area is 128 Å². The Morgan fingerprint density at radius 3 is 2.27 bits per heavy atom. The lowest BCUT2D eigenvalue weighted by Gasteiger charge is -2.08. The second-order valence-corrected chi connectivity index (χ2v) is 5.82. The highest BCUT2D eigenvalue weighted by Crippen LogP contribution is 2.35. The Morgan fingerprint density at radius 1 is 0.727 bits per heavy atom. The van der Waals surface area contributed by atoms with E-state index in [0.717, 1.165) is 21.9 Å². The highest BCUT2D eigenvalue weighted by molar-refractivity contribution is 6.29. The lowest BCUT2D eigenvalue weighted by molar-refractivity contribution is 0.0890. The quantitative estimate of drug-likeness (QED) is 0.625. The number of fused-ring (bicyclic) bond motifs is 2. The number of Topliss-reactive ketones (excluding diaryl/α,β-unsaturated/α-hetero) is 2. The smallest absolute Gasteiger partial charge is 0.178 e. The Hall–Kier alpha value is -2.74. The van der Waals surface area contributed by atoms with Gasteiger partial charge in [-0.2, -0.15) is 0 Å². The number of carbonyl (C=O) groups is 2. The van der Waals surface area contributed by atoms with Gasteiger partial charge in [-0.15, -0.1) is 0 Å². The van der Waals surface area contributed by atoms with Crippen LogP contribution in [0.15, 0.2) is 60.7 Å². The minimum atomic E-state index is -0.693. The van der Waals surface area contributed by atoms with Crippen molar-refractivity contribution >= 4 is 22.3 Å². The van der Waals surface area contributed by atoms with E-state index in [-0.39, 0.29) is 11.6 Å². The molecule has 0 aliphatic heterocycles. The maximum atomic E-state index is 12.7. The van der Waals surface area contributed by atoms with Crippen molar-refractivity contribution in [3.05, 3.63) is 82.9 Å². The molecule has 0 fully saturated rings. The highest BCUT2D eigenvalue weighted by Gasteiger charge is 2.39. The van der Waals surface area contributed by atoms with E-state index in [2.05, 4.69) is 0 Å². The van der Waals surface area contributed by atoms with Crippen molar-refractivity contribution in [2.75, 3.05) is 0 Å². The molecule has 0 aromatic heterocycles. The Kier molecular flexibility index (Phi) is 2.73. The van der Waals surface area contributed by atoms with Gasteiger partial charge in [-0.3, -0.25) is 9.59 Å². The van der Waals surface area contributed by atoms with Gasteiger partial charge in [0, 0.05) is 11.1 Å². The van der Waals surface area contributed by atoms with Crippen molar-refractivity contribution in [1.29, 1.82) is 0 Å². The third kappa shape index (κ3) is 1.81. The molecule has 3 aromatic rings. The van der Waals surface area contributed by atoms with Crippen LogP contribution >= 0.6 is 0 Å². The van der Waals surface area contributed by atoms with Gasteiger partial charge >= 0.3 is 0 Å². The normalized spacial score (nSPS) is 17.0. The van der Waals surface area contributed by atoms with E-state index in [1.807, 2.05) is 61.5 Å². The van der Waals surface area contributed by atoms with Crippen LogP contribution in [-0.4, -0.2) is 11.6 Å². The molecule has 22 heavy (non-hydrogen) atoms. The SMILES string of the molecule is Cc1ccc2c(c1)C(=O)[C@@H](c1ccc3ccccc3c1)C2=O. The van der Waals surface area contributed by atoms with Gasteiger partial charge in [0.15, 0.2) is 11.6 Å². The number of ketones is 2. The van der Waals surface area contributed by atoms with Crippen molar-refractivity contribution in [1.82, 2.24) is 0 Å². The number of hydrogen-bond donors (Lipinski definition) is 0. The standard InChI is InChI=1S/C20H14O2/c1-12-6-9-16-17(10-12)20(22)18(19(16)21)15-8-7-13-4-2-3-5-14(13)11-15/h2-11,18H,1H3/t18-/m0/s1. The molecule has 4 rings (SSSR count). The van der Waals surface area contributed by atoms with Crippen LogP contribution in [0.25, 0.3) is 10.8 Å². The largest absolute Gasteiger partial charge is 0.293 e. The second kappa shape index (κ2) is 4.63. The Balaban J connectivity index is 1.86. The highest BCUT2D eigenvalue weighted by atomic mass is 16.2. The number of benzene rings is 3. The fraction of sp³-hybridized carbons (Fsp3) is 0.100. The first-order chi connectivity index (χ1) is 10.6. The minimum Gasteiger partial charge on any atom is -0.293 e. The molecule has 3 aromatic carbocycles. The zero-order chi connectivity index (χ0) is 15.3. The number of aryl methyl sites for hydroxylation is 1. The van der Waals surface area contributed by atoms with Crippen LogP contribution in [0.5, 0.6) is 0 Å². The maximum Gasteiger partial charge on any atom is 0.178 e. The molecule has 0 saturated carbocycles. The van der Waals surface area contributed by atoms with Gasteiger partial charge in [-0.05, 0) is 35.4 Å². The first-order valence-corrected chi connectivity index (χ1v) is 7.33. The van der Waals surface area contributed by atoms with E-state index < -0.39 is 5.92 Å². The van der Waals surface area contributed by atoms with E-state index in [0.29, 0.717) is 11.1 Å². The minimum absolute atomic E-state index is 0.0843. The van der Waals surface area contributed by atoms with Crippen molar-refractivity contribution in [3.63, 3.8) is 0 Å². The summed E-state index contributed by atoms with van der Waals surface area (Å²) in [5.41, 5.74) is 2.89. The fourth-order valence-electron chi connectivity index (χ4n) is 3.20. The molecule has 0 N–H and O–H groups in total. The van der Waals surface area contributed by atoms with Gasteiger partial charge in [0.1, 0.15) is 5.92 Å². The molecular weight excluding hydrogens is 272 g/mol. The van der Waals surface area contributed by atoms with E-state index in [1.54, 1.807) is 6.07 Å². The van der Waals surface area contributed by atoms with Crippen LogP contribution < -0.4 is 0 Å². The van der Waals surface area contributed by atoms with Crippen LogP contribution in [0.2, 0.25) is 0 Å². The Bertz CT molecular complexity index is 937. The molecule has 0 bridgehead atoms. The topological polar surface area (TPSA) is 34.1 Å². The molecule has 1 aliphatic rings. The molecule has 2 heteroatoms. The molecular formula is C20H14O2. The summed E-state index contributed by atoms with van der Waals surface area (Å²) in [5.74, 6) is -0.865. The van der Waals surface area contributed by atoms with Crippen molar-refractivity contribution in [3.8, 4) is 0 Å². The van der Waals surface area contributed by atoms with Crippen molar-refractivity contribution in [2.24, 2.45) is 0 Å². The van der Waals surface area contributed by atoms with Crippen LogP contribution in [0.1, 0.15) is 37.8 Å². The second-order valence-electron chi connectivity index (χ2n) is 5.82. The van der Waals surface area contributed by atoms with E-state index in [9.17, 15) is 9.59 Å². The zero-order valence-corrected chi connectivity index (χ0v) is 12.2. The molecule has 2 nitrogen and oxygen atoms in total. The molecule has 1 atom stereocenters. The van der Waals surface area contributed by atoms with Gasteiger partial charge in [0.05, 0.1) is 0 Å². The van der Waals surface area contributed by atoms with Crippen LogP contribution in [0.4, 0.5) is 0 Å². The third-order valence-electron chi connectivity index (χ3n) is 4.34. The van der Waals surface area contributed by atoms with E-state index >= 15 is 0 Å². The lowest BCUT2D eigenvalue weighted by atomic mass is 9.92. The molecule has 0 heterocycles. The summed E-state index contributed by atoms with van der Waals surface area (Å²) in [5, 5.41) is 2.16. The Morgan fingerprint density at radius 2 is 1.45 bits per heavy atom. The monoisotopic (exact) mass is 286 g/mol. The summed E-state index contributed by atoms with van der Waals surface area (Å²) in [4.78, 5) is 25.3. The average Bonchev–Trinajstić information content (AvgIpc) is 2.78. The summed E-state index contributed by atoms with van der Waals surface area (Å²) in [6.07, 6.45) is 0. The van der Waals surface area contributed by atoms with Crippen molar-refractivity contribution in [2.45, 2.75) is 12.8 Å². The molecule has 0 spiro atoms. The average molecular weight is 286 g/mol. The van der Waals surface area contributed by atoms with Crippen molar-refractivity contribution < 1.29 is 9.59 Å². The lowest BCUT2D eigenvalue weighted by Crippen LogP contribution is -2.12. The molecule has 1 aliphatic carbocycles. The van der Waals surface area contributed by atoms with Gasteiger partial charge in [-0.25, -0.2) is 0 Å². The van der Waals surface area contributed by atoms with Crippen LogP contribution in [0.3, 0.4) is 0 Å². The number of hydrogen-bond acceptors (Lipinski definition) is 2. The van der Waals surface area contributed by atoms with Gasteiger partial charge in [0.25, 0.3) is 0 Å². The first-order valence-electron chi connectivity index (χ1n) is 7.33. The van der Waals surface area contributed by atoms with Crippen LogP contribution in [0, 0.1) is 6.92 Å². The summed E-state index contributed by atoms with van der Waals surface area (Å²) in [6.45, 7) is 1.93. The van der Waals surface area contributed by atoms with Gasteiger partial charge in [-0.1, -0.05) is 54.1 Å². The summed E-state index contributed by atoms with van der Waals surface area (Å²) < 4.78 is 0. The van der Waals surface area contributed by atoms with E-state index in [1.165, 1.54) is 0 Å². The zero-order valence-electron chi connectivity index (χ0n) is 12.2. The fourth-order valence-corrected chi connectivity index (χ4v) is 3.20. The van der Waals surface area contributed by atoms with Crippen LogP contribution in [-0.2, 0) is 0 Å². The molecule has 0 radical (unpaired) electrons. The molecule has 0 saturated heterocycles. The summed E-state index contributed by atoms with van der Waals surface area (Å²) >= 11 is 0. The van der Waals surface area contributed by atoms with E-state index in [4.69, 9.17) is 0 Å². The first kappa shape index (κ1) is 13.0. The predicted octanol–water partition coefficient (Wildman–Crippen LogP) is 4.31. The molecule has 106 valence electrons. The predicted molar refractivity (Wildman–Crippen MR) is 86.5 cm³/mol. The third-order valence-corrected chi connectivity index (χ3v) is 4.34. The number of rotatable bonds is 1. The van der Waals surface area contributed by atoms with Gasteiger partial charge in [0.2, 0.25) is 0 Å². The molecule has 0 unspecified atom stereocenters. The van der Waals surface area contributed by atoms with Gasteiger partial charge < -0.3 is 0 Å². The maximum absolute atomic E-state index is 12.7. The summed E-state index contributed by atoms with van der Waals surface area (Å²) in [6, 6.07) is 19.2.